The Labute approximate surface area is 119 Å². The molecule has 0 bridgehead atoms. The van der Waals surface area contributed by atoms with Crippen LogP contribution in [0, 0.1) is 0 Å². The van der Waals surface area contributed by atoms with E-state index in [1.54, 1.807) is 12.1 Å². The van der Waals surface area contributed by atoms with E-state index in [4.69, 9.17) is 10.5 Å². The molecule has 0 amide bonds. The van der Waals surface area contributed by atoms with Crippen molar-refractivity contribution >= 4 is 0 Å². The summed E-state index contributed by atoms with van der Waals surface area (Å²) in [7, 11) is 0. The Morgan fingerprint density at radius 1 is 1.20 bits per heavy atom. The molecule has 0 aromatic heterocycles. The van der Waals surface area contributed by atoms with Gasteiger partial charge in [0.25, 0.3) is 0 Å². The number of aryl methyl sites for hydroxylation is 1. The second kappa shape index (κ2) is 5.55. The Hall–Kier alpha value is -2.00. The van der Waals surface area contributed by atoms with Crippen LogP contribution in [0.3, 0.4) is 0 Å². The van der Waals surface area contributed by atoms with Crippen molar-refractivity contribution in [3.05, 3.63) is 59.2 Å². The summed E-state index contributed by atoms with van der Waals surface area (Å²) in [6, 6.07) is 13.4. The van der Waals surface area contributed by atoms with Gasteiger partial charge < -0.3 is 15.6 Å². The summed E-state index contributed by atoms with van der Waals surface area (Å²) in [6.45, 7) is 0.447. The Kier molecular flexibility index (Phi) is 3.61. The van der Waals surface area contributed by atoms with Crippen LogP contribution in [0.15, 0.2) is 42.5 Å². The summed E-state index contributed by atoms with van der Waals surface area (Å²) >= 11 is 0. The average molecular weight is 269 g/mol. The molecule has 3 heteroatoms. The Bertz CT molecular complexity index is 610. The first-order valence-electron chi connectivity index (χ1n) is 7.01. The number of rotatable bonds is 3. The fourth-order valence-corrected chi connectivity index (χ4v) is 2.72. The summed E-state index contributed by atoms with van der Waals surface area (Å²) in [5.41, 5.74) is 9.66. The van der Waals surface area contributed by atoms with Crippen LogP contribution in [-0.2, 0) is 13.0 Å². The third-order valence-electron chi connectivity index (χ3n) is 3.79. The van der Waals surface area contributed by atoms with E-state index < -0.39 is 0 Å². The lowest BCUT2D eigenvalue weighted by Gasteiger charge is -2.22. The predicted molar refractivity (Wildman–Crippen MR) is 78.7 cm³/mol. The van der Waals surface area contributed by atoms with Crippen LogP contribution in [0.25, 0.3) is 0 Å². The maximum atomic E-state index is 9.43. The van der Waals surface area contributed by atoms with Gasteiger partial charge in [0, 0.05) is 6.04 Å². The number of hydrogen-bond donors (Lipinski definition) is 2. The molecule has 104 valence electrons. The second-order valence-corrected chi connectivity index (χ2v) is 5.32. The van der Waals surface area contributed by atoms with Gasteiger partial charge >= 0.3 is 0 Å². The molecule has 0 aliphatic heterocycles. The molecule has 0 fully saturated rings. The van der Waals surface area contributed by atoms with Crippen molar-refractivity contribution in [3.8, 4) is 11.5 Å². The van der Waals surface area contributed by atoms with E-state index in [2.05, 4.69) is 12.1 Å². The van der Waals surface area contributed by atoms with Crippen molar-refractivity contribution in [1.29, 1.82) is 0 Å². The van der Waals surface area contributed by atoms with Crippen LogP contribution in [0.4, 0.5) is 0 Å². The highest BCUT2D eigenvalue weighted by Crippen LogP contribution is 2.31. The van der Waals surface area contributed by atoms with Gasteiger partial charge in [0.1, 0.15) is 18.1 Å². The predicted octanol–water partition coefficient (Wildman–Crippen LogP) is 3.31. The summed E-state index contributed by atoms with van der Waals surface area (Å²) < 4.78 is 5.79. The van der Waals surface area contributed by atoms with Gasteiger partial charge in [-0.15, -0.1) is 0 Å². The molecule has 3 rings (SSSR count). The number of fused-ring (bicyclic) bond motifs is 1. The molecular formula is C17H19NO2. The molecular weight excluding hydrogens is 250 g/mol. The van der Waals surface area contributed by atoms with Crippen molar-refractivity contribution < 1.29 is 9.84 Å². The molecule has 2 aromatic carbocycles. The SMILES string of the molecule is NC1CCCc2ccc(OCc3cccc(O)c3)cc21. The van der Waals surface area contributed by atoms with Crippen molar-refractivity contribution in [1.82, 2.24) is 0 Å². The minimum atomic E-state index is 0.128. The van der Waals surface area contributed by atoms with E-state index in [0.29, 0.717) is 6.61 Å². The monoisotopic (exact) mass is 269 g/mol. The van der Waals surface area contributed by atoms with E-state index in [1.807, 2.05) is 18.2 Å². The summed E-state index contributed by atoms with van der Waals surface area (Å²) in [6.07, 6.45) is 3.32. The number of hydrogen-bond acceptors (Lipinski definition) is 3. The Balaban J connectivity index is 1.73. The molecule has 3 N–H and O–H groups in total. The zero-order valence-corrected chi connectivity index (χ0v) is 11.4. The fourth-order valence-electron chi connectivity index (χ4n) is 2.72. The van der Waals surface area contributed by atoms with Gasteiger partial charge in [-0.25, -0.2) is 0 Å². The quantitative estimate of drug-likeness (QED) is 0.898. The molecule has 3 nitrogen and oxygen atoms in total. The first-order valence-corrected chi connectivity index (χ1v) is 7.01. The highest BCUT2D eigenvalue weighted by Gasteiger charge is 2.17. The average Bonchev–Trinajstić information content (AvgIpc) is 2.46. The topological polar surface area (TPSA) is 55.5 Å². The standard InChI is InChI=1S/C17H19NO2/c18-17-6-2-4-13-7-8-15(10-16(13)17)20-11-12-3-1-5-14(19)9-12/h1,3,5,7-10,17,19H,2,4,6,11,18H2. The molecule has 0 saturated carbocycles. The molecule has 1 aliphatic carbocycles. The van der Waals surface area contributed by atoms with Gasteiger partial charge in [0.2, 0.25) is 0 Å². The first kappa shape index (κ1) is 13.0. The van der Waals surface area contributed by atoms with Gasteiger partial charge in [-0.3, -0.25) is 0 Å². The maximum Gasteiger partial charge on any atom is 0.120 e. The van der Waals surface area contributed by atoms with E-state index in [0.717, 1.165) is 30.6 Å². The third kappa shape index (κ3) is 2.78. The van der Waals surface area contributed by atoms with Gasteiger partial charge in [-0.05, 0) is 60.2 Å². The number of benzene rings is 2. The zero-order chi connectivity index (χ0) is 13.9. The van der Waals surface area contributed by atoms with E-state index in [9.17, 15) is 5.11 Å². The molecule has 1 aliphatic rings. The molecule has 0 saturated heterocycles. The third-order valence-corrected chi connectivity index (χ3v) is 3.79. The molecule has 2 aromatic rings. The van der Waals surface area contributed by atoms with Crippen LogP contribution >= 0.6 is 0 Å². The minimum absolute atomic E-state index is 0.128. The number of nitrogens with two attached hydrogens (primary N) is 1. The first-order chi connectivity index (χ1) is 9.72. The fraction of sp³-hybridized carbons (Fsp3) is 0.294. The molecule has 0 heterocycles. The highest BCUT2D eigenvalue weighted by molar-refractivity contribution is 5.39. The lowest BCUT2D eigenvalue weighted by molar-refractivity contribution is 0.304. The molecule has 0 spiro atoms. The van der Waals surface area contributed by atoms with Gasteiger partial charge in [0.15, 0.2) is 0 Å². The molecule has 1 unspecified atom stereocenters. The van der Waals surface area contributed by atoms with Gasteiger partial charge in [0.05, 0.1) is 0 Å². The van der Waals surface area contributed by atoms with Gasteiger partial charge in [-0.1, -0.05) is 18.2 Å². The maximum absolute atomic E-state index is 9.43. The van der Waals surface area contributed by atoms with Crippen LogP contribution in [0.2, 0.25) is 0 Å². The Morgan fingerprint density at radius 2 is 2.10 bits per heavy atom. The number of phenols is 1. The van der Waals surface area contributed by atoms with E-state index >= 15 is 0 Å². The minimum Gasteiger partial charge on any atom is -0.508 e. The van der Waals surface area contributed by atoms with Crippen molar-refractivity contribution in [2.75, 3.05) is 0 Å². The van der Waals surface area contributed by atoms with E-state index in [-0.39, 0.29) is 11.8 Å². The number of phenolic OH excluding ortho intramolecular Hbond substituents is 1. The zero-order valence-electron chi connectivity index (χ0n) is 11.4. The van der Waals surface area contributed by atoms with Crippen molar-refractivity contribution in [2.45, 2.75) is 31.9 Å². The summed E-state index contributed by atoms with van der Waals surface area (Å²) in [5, 5.41) is 9.43. The van der Waals surface area contributed by atoms with Gasteiger partial charge in [-0.2, -0.15) is 0 Å². The number of ether oxygens (including phenoxy) is 1. The van der Waals surface area contributed by atoms with E-state index in [1.165, 1.54) is 11.1 Å². The van der Waals surface area contributed by atoms with Crippen molar-refractivity contribution in [2.24, 2.45) is 5.73 Å². The lowest BCUT2D eigenvalue weighted by atomic mass is 9.88. The lowest BCUT2D eigenvalue weighted by Crippen LogP contribution is -2.17. The largest absolute Gasteiger partial charge is 0.508 e. The molecule has 1 atom stereocenters. The molecule has 0 radical (unpaired) electrons. The van der Waals surface area contributed by atoms with Crippen LogP contribution < -0.4 is 10.5 Å². The van der Waals surface area contributed by atoms with Crippen LogP contribution in [0.1, 0.15) is 35.6 Å². The number of aromatic hydroxyl groups is 1. The second-order valence-electron chi connectivity index (χ2n) is 5.32. The van der Waals surface area contributed by atoms with Crippen LogP contribution in [0.5, 0.6) is 11.5 Å². The van der Waals surface area contributed by atoms with Crippen LogP contribution in [-0.4, -0.2) is 5.11 Å². The summed E-state index contributed by atoms with van der Waals surface area (Å²) in [5.74, 6) is 1.10. The smallest absolute Gasteiger partial charge is 0.120 e. The molecule has 20 heavy (non-hydrogen) atoms. The highest BCUT2D eigenvalue weighted by atomic mass is 16.5. The van der Waals surface area contributed by atoms with Crippen molar-refractivity contribution in [3.63, 3.8) is 0 Å². The summed E-state index contributed by atoms with van der Waals surface area (Å²) in [4.78, 5) is 0. The normalized spacial score (nSPS) is 17.6. The Morgan fingerprint density at radius 3 is 2.95 bits per heavy atom.